The lowest BCUT2D eigenvalue weighted by molar-refractivity contribution is 0.0940. The molecule has 0 saturated heterocycles. The monoisotopic (exact) mass is 271 g/mol. The Bertz CT molecular complexity index is 560. The van der Waals surface area contributed by atoms with Crippen LogP contribution in [0, 0.1) is 6.92 Å². The quantitative estimate of drug-likeness (QED) is 0.817. The van der Waals surface area contributed by atoms with Crippen molar-refractivity contribution in [3.8, 4) is 0 Å². The molecule has 0 radical (unpaired) electrons. The Balaban J connectivity index is 2.06. The van der Waals surface area contributed by atoms with E-state index in [-0.39, 0.29) is 11.9 Å². The van der Waals surface area contributed by atoms with Gasteiger partial charge in [0.15, 0.2) is 0 Å². The maximum Gasteiger partial charge on any atom is 0.251 e. The zero-order valence-corrected chi connectivity index (χ0v) is 11.9. The number of aryl methyl sites for hydroxylation is 1. The van der Waals surface area contributed by atoms with Gasteiger partial charge < -0.3 is 5.32 Å². The number of hydrogen-bond donors (Lipinski definition) is 2. The van der Waals surface area contributed by atoms with E-state index >= 15 is 0 Å². The van der Waals surface area contributed by atoms with E-state index in [0.717, 1.165) is 10.5 Å². The Kier molecular flexibility index (Phi) is 4.27. The molecule has 2 aromatic rings. The first-order valence-electron chi connectivity index (χ1n) is 6.23. The highest BCUT2D eigenvalue weighted by atomic mass is 32.1. The van der Waals surface area contributed by atoms with Crippen molar-refractivity contribution in [3.63, 3.8) is 0 Å². The molecule has 3 heteroatoms. The molecular weight excluding hydrogens is 254 g/mol. The number of thiol groups is 1. The lowest BCUT2D eigenvalue weighted by Gasteiger charge is -2.14. The van der Waals surface area contributed by atoms with Gasteiger partial charge >= 0.3 is 0 Å². The lowest BCUT2D eigenvalue weighted by atomic mass is 10.1. The van der Waals surface area contributed by atoms with E-state index in [9.17, 15) is 4.79 Å². The molecular formula is C16H17NOS. The maximum atomic E-state index is 12.1. The first kappa shape index (κ1) is 13.7. The number of rotatable bonds is 3. The highest BCUT2D eigenvalue weighted by Gasteiger charge is 2.10. The lowest BCUT2D eigenvalue weighted by Crippen LogP contribution is -2.26. The molecule has 0 heterocycles. The highest BCUT2D eigenvalue weighted by molar-refractivity contribution is 7.80. The first-order chi connectivity index (χ1) is 9.06. The summed E-state index contributed by atoms with van der Waals surface area (Å²) in [5, 5.41) is 2.99. The number of benzene rings is 2. The van der Waals surface area contributed by atoms with Crippen LogP contribution in [-0.2, 0) is 0 Å². The van der Waals surface area contributed by atoms with Crippen LogP contribution in [0.15, 0.2) is 53.4 Å². The van der Waals surface area contributed by atoms with Crippen molar-refractivity contribution in [1.82, 2.24) is 5.32 Å². The molecule has 1 atom stereocenters. The molecule has 1 amide bonds. The molecule has 0 aliphatic carbocycles. The number of nitrogens with one attached hydrogen (secondary N) is 1. The van der Waals surface area contributed by atoms with Crippen LogP contribution < -0.4 is 5.32 Å². The molecule has 2 aromatic carbocycles. The topological polar surface area (TPSA) is 29.1 Å². The van der Waals surface area contributed by atoms with Crippen molar-refractivity contribution in [2.24, 2.45) is 0 Å². The van der Waals surface area contributed by atoms with Crippen LogP contribution in [0.2, 0.25) is 0 Å². The van der Waals surface area contributed by atoms with Crippen molar-refractivity contribution in [3.05, 3.63) is 65.2 Å². The van der Waals surface area contributed by atoms with Gasteiger partial charge in [0.05, 0.1) is 6.04 Å². The molecule has 0 spiro atoms. The zero-order chi connectivity index (χ0) is 13.8. The molecule has 0 aliphatic rings. The van der Waals surface area contributed by atoms with Gasteiger partial charge in [0.25, 0.3) is 5.91 Å². The Hall–Kier alpha value is -1.74. The van der Waals surface area contributed by atoms with Crippen LogP contribution in [0.1, 0.15) is 34.5 Å². The minimum atomic E-state index is -0.0681. The normalized spacial score (nSPS) is 11.9. The second-order valence-corrected chi connectivity index (χ2v) is 5.17. The van der Waals surface area contributed by atoms with Crippen molar-refractivity contribution in [1.29, 1.82) is 0 Å². The van der Waals surface area contributed by atoms with Crippen LogP contribution >= 0.6 is 12.6 Å². The Morgan fingerprint density at radius 3 is 2.21 bits per heavy atom. The molecule has 0 fully saturated rings. The summed E-state index contributed by atoms with van der Waals surface area (Å²) in [7, 11) is 0. The van der Waals surface area contributed by atoms with Crippen molar-refractivity contribution < 1.29 is 4.79 Å². The van der Waals surface area contributed by atoms with Gasteiger partial charge in [-0.2, -0.15) is 0 Å². The van der Waals surface area contributed by atoms with Crippen LogP contribution in [0.5, 0.6) is 0 Å². The molecule has 2 rings (SSSR count). The Morgan fingerprint density at radius 1 is 1.05 bits per heavy atom. The average Bonchev–Trinajstić information content (AvgIpc) is 2.40. The molecule has 98 valence electrons. The first-order valence-corrected chi connectivity index (χ1v) is 6.67. The minimum absolute atomic E-state index is 0.0104. The van der Waals surface area contributed by atoms with E-state index in [1.54, 1.807) is 12.1 Å². The molecule has 0 aliphatic heterocycles. The highest BCUT2D eigenvalue weighted by Crippen LogP contribution is 2.14. The number of amides is 1. The van der Waals surface area contributed by atoms with E-state index in [1.165, 1.54) is 5.56 Å². The summed E-state index contributed by atoms with van der Waals surface area (Å²) in [6.45, 7) is 4.03. The molecule has 2 nitrogen and oxygen atoms in total. The van der Waals surface area contributed by atoms with E-state index < -0.39 is 0 Å². The van der Waals surface area contributed by atoms with Crippen molar-refractivity contribution in [2.75, 3.05) is 0 Å². The van der Waals surface area contributed by atoms with Gasteiger partial charge in [0.1, 0.15) is 0 Å². The zero-order valence-electron chi connectivity index (χ0n) is 11.1. The predicted octanol–water partition coefficient (Wildman–Crippen LogP) is 3.77. The van der Waals surface area contributed by atoms with Gasteiger partial charge in [-0.3, -0.25) is 4.79 Å². The third-order valence-corrected chi connectivity index (χ3v) is 3.35. The van der Waals surface area contributed by atoms with E-state index in [0.29, 0.717) is 5.56 Å². The predicted molar refractivity (Wildman–Crippen MR) is 80.8 cm³/mol. The van der Waals surface area contributed by atoms with E-state index in [2.05, 4.69) is 17.9 Å². The van der Waals surface area contributed by atoms with Gasteiger partial charge in [-0.05, 0) is 43.7 Å². The van der Waals surface area contributed by atoms with Gasteiger partial charge in [0.2, 0.25) is 0 Å². The summed E-state index contributed by atoms with van der Waals surface area (Å²) in [6.07, 6.45) is 0. The fraction of sp³-hybridized carbons (Fsp3) is 0.188. The standard InChI is InChI=1S/C16H17NOS/c1-11-3-5-13(6-4-11)12(2)17-16(18)14-7-9-15(19)10-8-14/h3-10,12,19H,1-2H3,(H,17,18). The fourth-order valence-electron chi connectivity index (χ4n) is 1.83. The van der Waals surface area contributed by atoms with Crippen LogP contribution in [0.25, 0.3) is 0 Å². The Morgan fingerprint density at radius 2 is 1.63 bits per heavy atom. The third kappa shape index (κ3) is 3.61. The third-order valence-electron chi connectivity index (χ3n) is 3.05. The summed E-state index contributed by atoms with van der Waals surface area (Å²) in [6, 6.07) is 15.3. The smallest absolute Gasteiger partial charge is 0.251 e. The van der Waals surface area contributed by atoms with Crippen molar-refractivity contribution >= 4 is 18.5 Å². The summed E-state index contributed by atoms with van der Waals surface area (Å²) in [5.41, 5.74) is 2.97. The summed E-state index contributed by atoms with van der Waals surface area (Å²) < 4.78 is 0. The molecule has 1 N–H and O–H groups in total. The number of hydrogen-bond acceptors (Lipinski definition) is 2. The van der Waals surface area contributed by atoms with Gasteiger partial charge in [-0.25, -0.2) is 0 Å². The number of carbonyl (C=O) groups is 1. The van der Waals surface area contributed by atoms with Crippen molar-refractivity contribution in [2.45, 2.75) is 24.8 Å². The SMILES string of the molecule is Cc1ccc(C(C)NC(=O)c2ccc(S)cc2)cc1. The van der Waals surface area contributed by atoms with Gasteiger partial charge in [-0.15, -0.1) is 12.6 Å². The summed E-state index contributed by atoms with van der Waals surface area (Å²) >= 11 is 4.21. The molecule has 19 heavy (non-hydrogen) atoms. The fourth-order valence-corrected chi connectivity index (χ4v) is 1.98. The largest absolute Gasteiger partial charge is 0.346 e. The maximum absolute atomic E-state index is 12.1. The van der Waals surface area contributed by atoms with E-state index in [1.807, 2.05) is 50.2 Å². The molecule has 0 bridgehead atoms. The Labute approximate surface area is 119 Å². The van der Waals surface area contributed by atoms with Gasteiger partial charge in [-0.1, -0.05) is 29.8 Å². The minimum Gasteiger partial charge on any atom is -0.346 e. The summed E-state index contributed by atoms with van der Waals surface area (Å²) in [5.74, 6) is -0.0681. The average molecular weight is 271 g/mol. The molecule has 1 unspecified atom stereocenters. The van der Waals surface area contributed by atoms with E-state index in [4.69, 9.17) is 0 Å². The van der Waals surface area contributed by atoms with Gasteiger partial charge in [0, 0.05) is 10.5 Å². The van der Waals surface area contributed by atoms with Crippen LogP contribution in [-0.4, -0.2) is 5.91 Å². The number of carbonyl (C=O) groups excluding carboxylic acids is 1. The summed E-state index contributed by atoms with van der Waals surface area (Å²) in [4.78, 5) is 12.9. The van der Waals surface area contributed by atoms with Crippen LogP contribution in [0.3, 0.4) is 0 Å². The second kappa shape index (κ2) is 5.93. The molecule has 0 aromatic heterocycles. The van der Waals surface area contributed by atoms with Crippen LogP contribution in [0.4, 0.5) is 0 Å². The molecule has 0 saturated carbocycles. The second-order valence-electron chi connectivity index (χ2n) is 4.65.